The van der Waals surface area contributed by atoms with Gasteiger partial charge in [-0.25, -0.2) is 0 Å². The van der Waals surface area contributed by atoms with E-state index in [2.05, 4.69) is 56.9 Å². The van der Waals surface area contributed by atoms with E-state index in [1.807, 2.05) is 6.07 Å². The third kappa shape index (κ3) is 2.46. The van der Waals surface area contributed by atoms with Crippen molar-refractivity contribution >= 4 is 5.97 Å². The van der Waals surface area contributed by atoms with E-state index < -0.39 is 0 Å². The minimum atomic E-state index is -0.0685. The smallest absolute Gasteiger partial charge is 0.323 e. The van der Waals surface area contributed by atoms with Crippen LogP contribution in [0.1, 0.15) is 65.0 Å². The number of hydrogen-bond donors (Lipinski definition) is 0. The van der Waals surface area contributed by atoms with Gasteiger partial charge in [0.05, 0.1) is 0 Å². The van der Waals surface area contributed by atoms with Crippen molar-refractivity contribution in [2.45, 2.75) is 71.6 Å². The Kier molecular flexibility index (Phi) is 3.99. The number of benzene rings is 1. The minimum absolute atomic E-state index is 0.00334. The van der Waals surface area contributed by atoms with Crippen molar-refractivity contribution in [3.05, 3.63) is 35.9 Å². The van der Waals surface area contributed by atoms with Crippen LogP contribution in [0, 0.1) is 16.7 Å². The van der Waals surface area contributed by atoms with Crippen LogP contribution in [0.2, 0.25) is 0 Å². The first-order valence-corrected chi connectivity index (χ1v) is 9.86. The molecule has 0 spiro atoms. The van der Waals surface area contributed by atoms with E-state index in [0.29, 0.717) is 5.92 Å². The molecular formula is C22H31NO2. The average molecular weight is 341 g/mol. The third-order valence-corrected chi connectivity index (χ3v) is 8.08. The van der Waals surface area contributed by atoms with Gasteiger partial charge < -0.3 is 4.74 Å². The maximum atomic E-state index is 12.9. The summed E-state index contributed by atoms with van der Waals surface area (Å²) >= 11 is 0. The number of likely N-dealkylation sites (tertiary alicyclic amines) is 1. The second-order valence-corrected chi connectivity index (χ2v) is 9.16. The van der Waals surface area contributed by atoms with Gasteiger partial charge in [-0.15, -0.1) is 0 Å². The molecule has 0 amide bonds. The van der Waals surface area contributed by atoms with Gasteiger partial charge in [-0.05, 0) is 49.5 Å². The van der Waals surface area contributed by atoms with Gasteiger partial charge in [0.15, 0.2) is 0 Å². The van der Waals surface area contributed by atoms with Gasteiger partial charge in [-0.2, -0.15) is 0 Å². The Morgan fingerprint density at radius 1 is 1.20 bits per heavy atom. The lowest BCUT2D eigenvalue weighted by molar-refractivity contribution is -0.170. The number of nitrogens with zero attached hydrogens (tertiary/aromatic N) is 1. The van der Waals surface area contributed by atoms with Gasteiger partial charge in [-0.3, -0.25) is 9.69 Å². The lowest BCUT2D eigenvalue weighted by Gasteiger charge is -2.45. The molecule has 25 heavy (non-hydrogen) atoms. The standard InChI is InChI=1S/C22H31NO2/c1-15(16-8-6-5-7-9-16)23-13-11-18(23)20(24)25-19-14-17-10-12-22(19,4)21(17,2)3/h5-9,15,17-19H,10-14H2,1-4H3. The number of hydrogen-bond acceptors (Lipinski definition) is 3. The first-order valence-electron chi connectivity index (χ1n) is 9.86. The van der Waals surface area contributed by atoms with Crippen molar-refractivity contribution in [1.82, 2.24) is 4.90 Å². The molecule has 4 rings (SSSR count). The van der Waals surface area contributed by atoms with Crippen LogP contribution in [0.4, 0.5) is 0 Å². The molecule has 136 valence electrons. The van der Waals surface area contributed by atoms with Gasteiger partial charge >= 0.3 is 5.97 Å². The molecule has 1 saturated heterocycles. The van der Waals surface area contributed by atoms with Crippen molar-refractivity contribution in [2.24, 2.45) is 16.7 Å². The van der Waals surface area contributed by atoms with Crippen LogP contribution in [0.3, 0.4) is 0 Å². The molecule has 3 fully saturated rings. The Morgan fingerprint density at radius 2 is 1.92 bits per heavy atom. The van der Waals surface area contributed by atoms with Crippen molar-refractivity contribution in [2.75, 3.05) is 6.54 Å². The van der Waals surface area contributed by atoms with Crippen LogP contribution in [-0.2, 0) is 9.53 Å². The first kappa shape index (κ1) is 17.1. The normalized spacial score (nSPS) is 37.5. The molecule has 0 radical (unpaired) electrons. The molecule has 2 saturated carbocycles. The van der Waals surface area contributed by atoms with Gasteiger partial charge in [0, 0.05) is 18.0 Å². The molecule has 1 heterocycles. The van der Waals surface area contributed by atoms with Gasteiger partial charge in [0.1, 0.15) is 12.1 Å². The van der Waals surface area contributed by atoms with E-state index in [1.165, 1.54) is 18.4 Å². The second kappa shape index (κ2) is 5.84. The van der Waals surface area contributed by atoms with E-state index in [9.17, 15) is 4.79 Å². The van der Waals surface area contributed by atoms with Crippen LogP contribution in [0.15, 0.2) is 30.3 Å². The van der Waals surface area contributed by atoms with Crippen LogP contribution in [0.5, 0.6) is 0 Å². The van der Waals surface area contributed by atoms with Crippen LogP contribution in [-0.4, -0.2) is 29.6 Å². The number of ether oxygens (including phenoxy) is 1. The fourth-order valence-corrected chi connectivity index (χ4v) is 5.57. The fraction of sp³-hybridized carbons (Fsp3) is 0.682. The van der Waals surface area contributed by atoms with Gasteiger partial charge in [-0.1, -0.05) is 51.1 Å². The molecule has 3 heteroatoms. The van der Waals surface area contributed by atoms with Crippen molar-refractivity contribution < 1.29 is 9.53 Å². The Morgan fingerprint density at radius 3 is 2.44 bits per heavy atom. The number of esters is 1. The van der Waals surface area contributed by atoms with Crippen LogP contribution >= 0.6 is 0 Å². The SMILES string of the molecule is CC(c1ccccc1)N1CCC1C(=O)OC1CC2CCC1(C)C2(C)C. The highest BCUT2D eigenvalue weighted by Crippen LogP contribution is 2.66. The fourth-order valence-electron chi connectivity index (χ4n) is 5.57. The molecule has 0 N–H and O–H groups in total. The Hall–Kier alpha value is -1.35. The Labute approximate surface area is 151 Å². The van der Waals surface area contributed by atoms with Crippen molar-refractivity contribution in [1.29, 1.82) is 0 Å². The largest absolute Gasteiger partial charge is 0.461 e. The molecule has 1 aliphatic heterocycles. The molecule has 3 aliphatic rings. The van der Waals surface area contributed by atoms with E-state index >= 15 is 0 Å². The zero-order chi connectivity index (χ0) is 17.8. The predicted molar refractivity (Wildman–Crippen MR) is 99.1 cm³/mol. The molecule has 5 unspecified atom stereocenters. The summed E-state index contributed by atoms with van der Waals surface area (Å²) in [6.07, 6.45) is 4.56. The molecular weight excluding hydrogens is 310 g/mol. The molecule has 1 aromatic carbocycles. The summed E-state index contributed by atoms with van der Waals surface area (Å²) in [6.45, 7) is 10.2. The molecule has 3 nitrogen and oxygen atoms in total. The number of carbonyl (C=O) groups excluding carboxylic acids is 1. The zero-order valence-electron chi connectivity index (χ0n) is 16.0. The van der Waals surface area contributed by atoms with Crippen LogP contribution in [0.25, 0.3) is 0 Å². The molecule has 2 bridgehead atoms. The predicted octanol–water partition coefficient (Wildman–Crippen LogP) is 4.58. The van der Waals surface area contributed by atoms with Crippen molar-refractivity contribution in [3.8, 4) is 0 Å². The van der Waals surface area contributed by atoms with E-state index in [-0.39, 0.29) is 35.0 Å². The van der Waals surface area contributed by atoms with Gasteiger partial charge in [0.2, 0.25) is 0 Å². The quantitative estimate of drug-likeness (QED) is 0.751. The zero-order valence-corrected chi connectivity index (χ0v) is 16.0. The van der Waals surface area contributed by atoms with E-state index in [0.717, 1.165) is 19.4 Å². The molecule has 2 aliphatic carbocycles. The second-order valence-electron chi connectivity index (χ2n) is 9.16. The number of fused-ring (bicyclic) bond motifs is 2. The highest BCUT2D eigenvalue weighted by molar-refractivity contribution is 5.77. The topological polar surface area (TPSA) is 29.5 Å². The third-order valence-electron chi connectivity index (χ3n) is 8.08. The maximum absolute atomic E-state index is 12.9. The number of carbonyl (C=O) groups is 1. The summed E-state index contributed by atoms with van der Waals surface area (Å²) < 4.78 is 6.12. The highest BCUT2D eigenvalue weighted by Gasteiger charge is 2.63. The van der Waals surface area contributed by atoms with Crippen molar-refractivity contribution in [3.63, 3.8) is 0 Å². The van der Waals surface area contributed by atoms with Gasteiger partial charge in [0.25, 0.3) is 0 Å². The average Bonchev–Trinajstić information content (AvgIpc) is 2.88. The maximum Gasteiger partial charge on any atom is 0.323 e. The van der Waals surface area contributed by atoms with E-state index in [4.69, 9.17) is 4.74 Å². The summed E-state index contributed by atoms with van der Waals surface area (Å²) in [6, 6.07) is 10.7. The molecule has 5 atom stereocenters. The number of rotatable bonds is 4. The van der Waals surface area contributed by atoms with Crippen LogP contribution < -0.4 is 0 Å². The molecule has 0 aromatic heterocycles. The summed E-state index contributed by atoms with van der Waals surface area (Å²) in [4.78, 5) is 15.2. The molecule has 1 aromatic rings. The lowest BCUT2D eigenvalue weighted by atomic mass is 9.70. The summed E-state index contributed by atoms with van der Waals surface area (Å²) in [5.41, 5.74) is 1.70. The summed E-state index contributed by atoms with van der Waals surface area (Å²) in [5, 5.41) is 0. The lowest BCUT2D eigenvalue weighted by Crippen LogP contribution is -2.55. The minimum Gasteiger partial charge on any atom is -0.461 e. The summed E-state index contributed by atoms with van der Waals surface area (Å²) in [5.74, 6) is 0.708. The Bertz CT molecular complexity index is 655. The monoisotopic (exact) mass is 341 g/mol. The van der Waals surface area contributed by atoms with E-state index in [1.54, 1.807) is 0 Å². The Balaban J connectivity index is 1.43. The highest BCUT2D eigenvalue weighted by atomic mass is 16.5. The summed E-state index contributed by atoms with van der Waals surface area (Å²) in [7, 11) is 0. The first-order chi connectivity index (χ1) is 11.8.